The third-order valence-corrected chi connectivity index (χ3v) is 3.82. The Balaban J connectivity index is 2.05. The number of alkyl halides is 2. The Bertz CT molecular complexity index is 831. The van der Waals surface area contributed by atoms with Crippen LogP contribution in [0.3, 0.4) is 0 Å². The van der Waals surface area contributed by atoms with Crippen molar-refractivity contribution in [2.24, 2.45) is 5.73 Å². The SMILES string of the molecule is NC(=O)NC(=O)COC(=O)c1ccccc1Nc1ccc(SC(F)F)cc1. The van der Waals surface area contributed by atoms with E-state index in [4.69, 9.17) is 10.5 Å². The van der Waals surface area contributed by atoms with Crippen LogP contribution in [0, 0.1) is 0 Å². The number of carbonyl (C=O) groups excluding carboxylic acids is 3. The van der Waals surface area contributed by atoms with E-state index in [0.717, 1.165) is 0 Å². The van der Waals surface area contributed by atoms with Crippen molar-refractivity contribution in [1.82, 2.24) is 5.32 Å². The van der Waals surface area contributed by atoms with E-state index in [2.05, 4.69) is 5.32 Å². The van der Waals surface area contributed by atoms with Crippen molar-refractivity contribution in [3.63, 3.8) is 0 Å². The van der Waals surface area contributed by atoms with Gasteiger partial charge in [0.1, 0.15) is 0 Å². The summed E-state index contributed by atoms with van der Waals surface area (Å²) in [6.45, 7) is -0.671. The van der Waals surface area contributed by atoms with Gasteiger partial charge in [0.25, 0.3) is 11.7 Å². The lowest BCUT2D eigenvalue weighted by Gasteiger charge is -2.12. The van der Waals surface area contributed by atoms with Gasteiger partial charge in [0.15, 0.2) is 6.61 Å². The summed E-state index contributed by atoms with van der Waals surface area (Å²) in [5.74, 6) is -4.15. The summed E-state index contributed by atoms with van der Waals surface area (Å²) >= 11 is 0.429. The number of esters is 1. The zero-order valence-corrected chi connectivity index (χ0v) is 14.6. The monoisotopic (exact) mass is 395 g/mol. The van der Waals surface area contributed by atoms with Gasteiger partial charge in [-0.3, -0.25) is 10.1 Å². The molecule has 3 amide bonds. The smallest absolute Gasteiger partial charge is 0.340 e. The maximum absolute atomic E-state index is 12.4. The number of thioether (sulfide) groups is 1. The molecule has 0 atom stereocenters. The number of primary amides is 1. The van der Waals surface area contributed by atoms with Crippen molar-refractivity contribution >= 4 is 41.0 Å². The lowest BCUT2D eigenvalue weighted by Crippen LogP contribution is -2.37. The normalized spacial score (nSPS) is 10.3. The number of rotatable bonds is 7. The Morgan fingerprint density at radius 1 is 1.07 bits per heavy atom. The fourth-order valence-electron chi connectivity index (χ4n) is 2.03. The molecule has 0 saturated carbocycles. The Kier molecular flexibility index (Phi) is 7.12. The summed E-state index contributed by atoms with van der Waals surface area (Å²) in [5, 5.41) is 4.76. The fourth-order valence-corrected chi connectivity index (χ4v) is 2.53. The van der Waals surface area contributed by atoms with E-state index in [9.17, 15) is 23.2 Å². The highest BCUT2D eigenvalue weighted by Crippen LogP contribution is 2.28. The van der Waals surface area contributed by atoms with Crippen molar-refractivity contribution < 1.29 is 27.9 Å². The average molecular weight is 395 g/mol. The molecule has 0 radical (unpaired) electrons. The minimum atomic E-state index is -2.51. The number of nitrogens with one attached hydrogen (secondary N) is 2. The molecule has 0 aliphatic rings. The maximum Gasteiger partial charge on any atom is 0.340 e. The van der Waals surface area contributed by atoms with Gasteiger partial charge in [0.2, 0.25) is 0 Å². The lowest BCUT2D eigenvalue weighted by molar-refractivity contribution is -0.123. The predicted molar refractivity (Wildman–Crippen MR) is 96.0 cm³/mol. The van der Waals surface area contributed by atoms with Crippen LogP contribution in [0.25, 0.3) is 0 Å². The predicted octanol–water partition coefficient (Wildman–Crippen LogP) is 3.10. The molecule has 2 rings (SSSR count). The number of carbonyl (C=O) groups is 3. The lowest BCUT2D eigenvalue weighted by atomic mass is 10.1. The number of urea groups is 1. The molecule has 0 heterocycles. The van der Waals surface area contributed by atoms with Crippen LogP contribution in [0.5, 0.6) is 0 Å². The van der Waals surface area contributed by atoms with Crippen LogP contribution in [0.1, 0.15) is 10.4 Å². The van der Waals surface area contributed by atoms with Crippen LogP contribution in [0.2, 0.25) is 0 Å². The third-order valence-electron chi connectivity index (χ3n) is 3.10. The van der Waals surface area contributed by atoms with Crippen LogP contribution in [-0.2, 0) is 9.53 Å². The molecule has 0 aliphatic carbocycles. The minimum absolute atomic E-state index is 0.149. The molecule has 7 nitrogen and oxygen atoms in total. The highest BCUT2D eigenvalue weighted by atomic mass is 32.2. The molecule has 0 fully saturated rings. The summed E-state index contributed by atoms with van der Waals surface area (Å²) in [7, 11) is 0. The molecule has 0 spiro atoms. The fraction of sp³-hybridized carbons (Fsp3) is 0.118. The maximum atomic E-state index is 12.4. The molecule has 0 unspecified atom stereocenters. The highest BCUT2D eigenvalue weighted by molar-refractivity contribution is 7.99. The van der Waals surface area contributed by atoms with E-state index < -0.39 is 30.3 Å². The van der Waals surface area contributed by atoms with Crippen molar-refractivity contribution in [3.8, 4) is 0 Å². The third kappa shape index (κ3) is 6.59. The van der Waals surface area contributed by atoms with E-state index in [1.54, 1.807) is 35.6 Å². The highest BCUT2D eigenvalue weighted by Gasteiger charge is 2.15. The van der Waals surface area contributed by atoms with Crippen molar-refractivity contribution in [2.45, 2.75) is 10.7 Å². The van der Waals surface area contributed by atoms with Crippen LogP contribution < -0.4 is 16.4 Å². The second-order valence-electron chi connectivity index (χ2n) is 5.06. The zero-order chi connectivity index (χ0) is 19.8. The van der Waals surface area contributed by atoms with Gasteiger partial charge in [-0.05, 0) is 36.4 Å². The minimum Gasteiger partial charge on any atom is -0.452 e. The van der Waals surface area contributed by atoms with Gasteiger partial charge in [-0.15, -0.1) is 0 Å². The zero-order valence-electron chi connectivity index (χ0n) is 13.8. The molecule has 4 N–H and O–H groups in total. The number of para-hydroxylation sites is 1. The van der Waals surface area contributed by atoms with Crippen molar-refractivity contribution in [2.75, 3.05) is 11.9 Å². The largest absolute Gasteiger partial charge is 0.452 e. The second kappa shape index (κ2) is 9.53. The first-order valence-corrected chi connectivity index (χ1v) is 8.40. The molecule has 27 heavy (non-hydrogen) atoms. The van der Waals surface area contributed by atoms with E-state index in [1.807, 2.05) is 0 Å². The van der Waals surface area contributed by atoms with Gasteiger partial charge in [-0.1, -0.05) is 23.9 Å². The number of anilines is 2. The quantitative estimate of drug-likeness (QED) is 0.491. The molecule has 2 aromatic rings. The van der Waals surface area contributed by atoms with E-state index in [0.29, 0.717) is 28.0 Å². The molecule has 142 valence electrons. The first-order chi connectivity index (χ1) is 12.8. The van der Waals surface area contributed by atoms with E-state index in [-0.39, 0.29) is 5.56 Å². The summed E-state index contributed by atoms with van der Waals surface area (Å²) in [6, 6.07) is 11.6. The van der Waals surface area contributed by atoms with Crippen molar-refractivity contribution in [3.05, 3.63) is 54.1 Å². The van der Waals surface area contributed by atoms with Gasteiger partial charge in [-0.25, -0.2) is 9.59 Å². The average Bonchev–Trinajstić information content (AvgIpc) is 2.61. The molecule has 0 aliphatic heterocycles. The van der Waals surface area contributed by atoms with Crippen LogP contribution in [-0.4, -0.2) is 30.3 Å². The molecule has 2 aromatic carbocycles. The van der Waals surface area contributed by atoms with Gasteiger partial charge in [-0.2, -0.15) is 8.78 Å². The molecule has 10 heteroatoms. The van der Waals surface area contributed by atoms with E-state index >= 15 is 0 Å². The summed E-state index contributed by atoms with van der Waals surface area (Å²) in [4.78, 5) is 34.5. The molecular formula is C17H15F2N3O4S. The first-order valence-electron chi connectivity index (χ1n) is 7.52. The summed E-state index contributed by atoms with van der Waals surface area (Å²) in [6.07, 6.45) is 0. The van der Waals surface area contributed by atoms with E-state index in [1.165, 1.54) is 18.2 Å². The standard InChI is InChI=1S/C17H15F2N3O4S/c18-16(19)27-11-7-5-10(6-8-11)21-13-4-2-1-3-12(13)15(24)26-9-14(23)22-17(20)25/h1-8,16,21H,9H2,(H3,20,22,23,25). The molecule has 0 saturated heterocycles. The molecular weight excluding hydrogens is 380 g/mol. The van der Waals surface area contributed by atoms with Gasteiger partial charge in [0, 0.05) is 10.6 Å². The summed E-state index contributed by atoms with van der Waals surface area (Å²) < 4.78 is 29.5. The van der Waals surface area contributed by atoms with Crippen LogP contribution >= 0.6 is 11.8 Å². The second-order valence-corrected chi connectivity index (χ2v) is 6.13. The Morgan fingerprint density at radius 2 is 1.74 bits per heavy atom. The number of hydrogen-bond acceptors (Lipinski definition) is 6. The van der Waals surface area contributed by atoms with Gasteiger partial charge < -0.3 is 15.8 Å². The van der Waals surface area contributed by atoms with Crippen LogP contribution in [0.4, 0.5) is 25.0 Å². The first kappa shape index (κ1) is 20.2. The molecule has 0 aromatic heterocycles. The number of halogens is 2. The topological polar surface area (TPSA) is 111 Å². The van der Waals surface area contributed by atoms with Gasteiger partial charge in [0.05, 0.1) is 11.3 Å². The summed E-state index contributed by atoms with van der Waals surface area (Å²) in [5.41, 5.74) is 5.91. The number of benzene rings is 2. The van der Waals surface area contributed by atoms with Crippen LogP contribution in [0.15, 0.2) is 53.4 Å². The molecule has 0 bridgehead atoms. The Morgan fingerprint density at radius 3 is 2.37 bits per heavy atom. The Hall–Kier alpha value is -3.14. The number of hydrogen-bond donors (Lipinski definition) is 3. The van der Waals surface area contributed by atoms with Gasteiger partial charge >= 0.3 is 12.0 Å². The number of imide groups is 1. The Labute approximate surface area is 157 Å². The number of ether oxygens (including phenoxy) is 1. The van der Waals surface area contributed by atoms with Crippen molar-refractivity contribution in [1.29, 1.82) is 0 Å². The number of nitrogens with two attached hydrogens (primary N) is 1. The number of amides is 3.